The van der Waals surface area contributed by atoms with Gasteiger partial charge in [-0.3, -0.25) is 0 Å². The van der Waals surface area contributed by atoms with Crippen LogP contribution in [0.4, 0.5) is 0 Å². The van der Waals surface area contributed by atoms with Crippen molar-refractivity contribution in [3.63, 3.8) is 0 Å². The van der Waals surface area contributed by atoms with Crippen molar-refractivity contribution in [1.82, 2.24) is 0 Å². The number of hydrogen-bond donors (Lipinski definition) is 2. The molecule has 0 rings (SSSR count). The second kappa shape index (κ2) is 3.84. The molecule has 3 N–H and O–H groups in total. The Morgan fingerprint density at radius 2 is 2.43 bits per heavy atom. The molecule has 0 aliphatic carbocycles. The predicted octanol–water partition coefficient (Wildman–Crippen LogP) is -0.118. The Morgan fingerprint density at radius 1 is 1.86 bits per heavy atom. The summed E-state index contributed by atoms with van der Waals surface area (Å²) < 4.78 is 0. The van der Waals surface area contributed by atoms with Crippen molar-refractivity contribution in [3.05, 3.63) is 12.7 Å². The van der Waals surface area contributed by atoms with Crippen LogP contribution in [0.2, 0.25) is 0 Å². The van der Waals surface area contributed by atoms with Crippen molar-refractivity contribution in [2.45, 2.75) is 12.5 Å². The lowest BCUT2D eigenvalue weighted by atomic mass is 10.2. The summed E-state index contributed by atoms with van der Waals surface area (Å²) in [5, 5.41) is 8.24. The van der Waals surface area contributed by atoms with E-state index in [4.69, 9.17) is 10.8 Å². The van der Waals surface area contributed by atoms with Gasteiger partial charge in [0.15, 0.2) is 0 Å². The Hall–Kier alpha value is -0.340. The highest BCUT2D eigenvalue weighted by Crippen LogP contribution is 1.83. The SMILES string of the molecule is C=CC(N)CCO. The minimum atomic E-state index is -0.0370. The quantitative estimate of drug-likeness (QED) is 0.487. The van der Waals surface area contributed by atoms with E-state index < -0.39 is 0 Å². The molecule has 1 atom stereocenters. The summed E-state index contributed by atoms with van der Waals surface area (Å²) in [7, 11) is 0. The molecule has 0 spiro atoms. The number of rotatable bonds is 3. The summed E-state index contributed by atoms with van der Waals surface area (Å²) in [6.45, 7) is 3.59. The van der Waals surface area contributed by atoms with Crippen LogP contribution in [-0.4, -0.2) is 17.8 Å². The van der Waals surface area contributed by atoms with E-state index in [1.54, 1.807) is 6.08 Å². The van der Waals surface area contributed by atoms with Gasteiger partial charge in [-0.1, -0.05) is 6.08 Å². The molecule has 0 heterocycles. The summed E-state index contributed by atoms with van der Waals surface area (Å²) in [5.41, 5.74) is 5.31. The van der Waals surface area contributed by atoms with Gasteiger partial charge in [0.1, 0.15) is 0 Å². The summed E-state index contributed by atoms with van der Waals surface area (Å²) in [6.07, 6.45) is 2.24. The zero-order chi connectivity index (χ0) is 5.70. The van der Waals surface area contributed by atoms with Crippen molar-refractivity contribution in [1.29, 1.82) is 0 Å². The van der Waals surface area contributed by atoms with Crippen molar-refractivity contribution in [2.24, 2.45) is 5.73 Å². The molecule has 0 aliphatic heterocycles. The van der Waals surface area contributed by atoms with Gasteiger partial charge in [-0.05, 0) is 6.42 Å². The lowest BCUT2D eigenvalue weighted by molar-refractivity contribution is 0.283. The minimum absolute atomic E-state index is 0.0370. The van der Waals surface area contributed by atoms with Crippen LogP contribution in [0, 0.1) is 0 Å². The van der Waals surface area contributed by atoms with E-state index >= 15 is 0 Å². The molecule has 0 saturated heterocycles. The number of hydrogen-bond acceptors (Lipinski definition) is 2. The second-order valence-electron chi connectivity index (χ2n) is 1.41. The van der Waals surface area contributed by atoms with Gasteiger partial charge in [0.05, 0.1) is 0 Å². The molecule has 2 heteroatoms. The normalized spacial score (nSPS) is 13.4. The fourth-order valence-corrected chi connectivity index (χ4v) is 0.267. The van der Waals surface area contributed by atoms with E-state index in [1.165, 1.54) is 0 Å². The summed E-state index contributed by atoms with van der Waals surface area (Å²) in [4.78, 5) is 0. The molecule has 1 unspecified atom stereocenters. The predicted molar refractivity (Wildman–Crippen MR) is 29.9 cm³/mol. The van der Waals surface area contributed by atoms with Gasteiger partial charge in [-0.25, -0.2) is 0 Å². The van der Waals surface area contributed by atoms with E-state index in [9.17, 15) is 0 Å². The van der Waals surface area contributed by atoms with Crippen molar-refractivity contribution >= 4 is 0 Å². The third-order valence-electron chi connectivity index (χ3n) is 0.765. The van der Waals surface area contributed by atoms with Crippen LogP contribution in [0.25, 0.3) is 0 Å². The molecule has 0 aliphatic rings. The van der Waals surface area contributed by atoms with E-state index in [1.807, 2.05) is 0 Å². The molecule has 0 fully saturated rings. The monoisotopic (exact) mass is 101 g/mol. The fraction of sp³-hybridized carbons (Fsp3) is 0.600. The maximum absolute atomic E-state index is 8.24. The second-order valence-corrected chi connectivity index (χ2v) is 1.41. The third kappa shape index (κ3) is 3.49. The Labute approximate surface area is 43.6 Å². The highest BCUT2D eigenvalue weighted by Gasteiger charge is 1.90. The Bertz CT molecular complexity index is 54.0. The first-order valence-corrected chi connectivity index (χ1v) is 2.30. The lowest BCUT2D eigenvalue weighted by Gasteiger charge is -1.98. The zero-order valence-corrected chi connectivity index (χ0v) is 4.30. The van der Waals surface area contributed by atoms with Crippen LogP contribution in [-0.2, 0) is 0 Å². The number of aliphatic hydroxyl groups is 1. The average molecular weight is 101 g/mol. The Morgan fingerprint density at radius 3 is 2.57 bits per heavy atom. The molecule has 0 aromatic carbocycles. The Kier molecular flexibility index (Phi) is 3.65. The first-order chi connectivity index (χ1) is 3.31. The van der Waals surface area contributed by atoms with Crippen molar-refractivity contribution in [2.75, 3.05) is 6.61 Å². The molecule has 0 aromatic heterocycles. The van der Waals surface area contributed by atoms with E-state index in [0.717, 1.165) is 0 Å². The van der Waals surface area contributed by atoms with Gasteiger partial charge in [0.25, 0.3) is 0 Å². The average Bonchev–Trinajstić information content (AvgIpc) is 1.68. The zero-order valence-electron chi connectivity index (χ0n) is 4.30. The van der Waals surface area contributed by atoms with Gasteiger partial charge in [-0.15, -0.1) is 6.58 Å². The number of aliphatic hydroxyl groups excluding tert-OH is 1. The van der Waals surface area contributed by atoms with Crippen molar-refractivity contribution < 1.29 is 5.11 Å². The van der Waals surface area contributed by atoms with Gasteiger partial charge < -0.3 is 10.8 Å². The molecule has 0 radical (unpaired) electrons. The topological polar surface area (TPSA) is 46.2 Å². The first kappa shape index (κ1) is 6.66. The van der Waals surface area contributed by atoms with Crippen molar-refractivity contribution in [3.8, 4) is 0 Å². The maximum atomic E-state index is 8.24. The largest absolute Gasteiger partial charge is 0.396 e. The molecule has 0 aromatic rings. The highest BCUT2D eigenvalue weighted by atomic mass is 16.3. The molecular formula is C5H11NO. The van der Waals surface area contributed by atoms with Gasteiger partial charge in [0, 0.05) is 12.6 Å². The van der Waals surface area contributed by atoms with Gasteiger partial charge in [-0.2, -0.15) is 0 Å². The van der Waals surface area contributed by atoms with Crippen LogP contribution in [0.5, 0.6) is 0 Å². The van der Waals surface area contributed by atoms with E-state index in [2.05, 4.69) is 6.58 Å². The van der Waals surface area contributed by atoms with Crippen LogP contribution in [0.3, 0.4) is 0 Å². The van der Waals surface area contributed by atoms with Crippen LogP contribution in [0.1, 0.15) is 6.42 Å². The smallest absolute Gasteiger partial charge is 0.0448 e. The highest BCUT2D eigenvalue weighted by molar-refractivity contribution is 4.81. The van der Waals surface area contributed by atoms with Crippen LogP contribution >= 0.6 is 0 Å². The Balaban J connectivity index is 2.98. The summed E-state index contributed by atoms with van der Waals surface area (Å²) in [5.74, 6) is 0. The molecule has 42 valence electrons. The molecule has 0 saturated carbocycles. The summed E-state index contributed by atoms with van der Waals surface area (Å²) >= 11 is 0. The standard InChI is InChI=1S/C5H11NO/c1-2-5(6)3-4-7/h2,5,7H,1,3-4,6H2. The van der Waals surface area contributed by atoms with Gasteiger partial charge >= 0.3 is 0 Å². The fourth-order valence-electron chi connectivity index (χ4n) is 0.267. The van der Waals surface area contributed by atoms with E-state index in [-0.39, 0.29) is 12.6 Å². The molecular weight excluding hydrogens is 90.1 g/mol. The molecule has 2 nitrogen and oxygen atoms in total. The first-order valence-electron chi connectivity index (χ1n) is 2.30. The number of nitrogens with two attached hydrogens (primary N) is 1. The van der Waals surface area contributed by atoms with Gasteiger partial charge in [0.2, 0.25) is 0 Å². The maximum Gasteiger partial charge on any atom is 0.0448 e. The minimum Gasteiger partial charge on any atom is -0.396 e. The van der Waals surface area contributed by atoms with E-state index in [0.29, 0.717) is 6.42 Å². The van der Waals surface area contributed by atoms with Crippen LogP contribution in [0.15, 0.2) is 12.7 Å². The van der Waals surface area contributed by atoms with Crippen LogP contribution < -0.4 is 5.73 Å². The lowest BCUT2D eigenvalue weighted by Crippen LogP contribution is -2.17. The molecule has 0 amide bonds. The molecule has 0 bridgehead atoms. The third-order valence-corrected chi connectivity index (χ3v) is 0.765. The molecule has 7 heavy (non-hydrogen) atoms. The summed E-state index contributed by atoms with van der Waals surface area (Å²) in [6, 6.07) is -0.0370.